The molecule has 0 fully saturated rings. The van der Waals surface area contributed by atoms with E-state index < -0.39 is 12.0 Å². The molecule has 20 heavy (non-hydrogen) atoms. The van der Waals surface area contributed by atoms with Crippen molar-refractivity contribution in [3.05, 3.63) is 46.4 Å². The maximum atomic E-state index is 12.3. The molecule has 1 aliphatic heterocycles. The van der Waals surface area contributed by atoms with Crippen molar-refractivity contribution in [1.82, 2.24) is 19.3 Å². The first-order valence-electron chi connectivity index (χ1n) is 6.47. The Kier molecular flexibility index (Phi) is 3.09. The van der Waals surface area contributed by atoms with Crippen LogP contribution in [-0.4, -0.2) is 30.4 Å². The Morgan fingerprint density at radius 1 is 1.50 bits per heavy atom. The van der Waals surface area contributed by atoms with Gasteiger partial charge in [-0.15, -0.1) is 0 Å². The second-order valence-corrected chi connectivity index (χ2v) is 4.83. The minimum Gasteiger partial charge on any atom is -0.480 e. The molecule has 0 amide bonds. The average molecular weight is 274 g/mol. The molecule has 0 aliphatic carbocycles. The highest BCUT2D eigenvalue weighted by molar-refractivity contribution is 5.72. The zero-order chi connectivity index (χ0) is 14.1. The Morgan fingerprint density at radius 3 is 3.05 bits per heavy atom. The lowest BCUT2D eigenvalue weighted by Gasteiger charge is -2.19. The van der Waals surface area contributed by atoms with E-state index in [-0.39, 0.29) is 5.69 Å². The summed E-state index contributed by atoms with van der Waals surface area (Å²) in [5.41, 5.74) is 0.493. The van der Waals surface area contributed by atoms with Gasteiger partial charge in [0.1, 0.15) is 11.9 Å². The summed E-state index contributed by atoms with van der Waals surface area (Å²) in [5.74, 6) is -0.425. The van der Waals surface area contributed by atoms with Gasteiger partial charge in [-0.1, -0.05) is 6.07 Å². The number of fused-ring (bicyclic) bond motifs is 1. The van der Waals surface area contributed by atoms with E-state index in [0.717, 1.165) is 12.0 Å². The van der Waals surface area contributed by atoms with E-state index in [0.29, 0.717) is 25.2 Å². The lowest BCUT2D eigenvalue weighted by Crippen LogP contribution is -2.34. The molecule has 3 heterocycles. The fourth-order valence-corrected chi connectivity index (χ4v) is 2.53. The highest BCUT2D eigenvalue weighted by atomic mass is 16.4. The number of pyridine rings is 1. The molecule has 1 N–H and O–H groups in total. The monoisotopic (exact) mass is 274 g/mol. The lowest BCUT2D eigenvalue weighted by molar-refractivity contribution is -0.141. The summed E-state index contributed by atoms with van der Waals surface area (Å²) in [5, 5.41) is 13.5. The first-order chi connectivity index (χ1) is 9.66. The molecule has 7 nitrogen and oxygen atoms in total. The van der Waals surface area contributed by atoms with Crippen molar-refractivity contribution >= 4 is 5.97 Å². The summed E-state index contributed by atoms with van der Waals surface area (Å²) in [7, 11) is 0. The van der Waals surface area contributed by atoms with Gasteiger partial charge in [0.15, 0.2) is 0 Å². The highest BCUT2D eigenvalue weighted by Crippen LogP contribution is 2.21. The van der Waals surface area contributed by atoms with Gasteiger partial charge in [-0.25, -0.2) is 14.3 Å². The fraction of sp³-hybridized carbons (Fsp3) is 0.385. The summed E-state index contributed by atoms with van der Waals surface area (Å²) in [6.07, 6.45) is 5.17. The summed E-state index contributed by atoms with van der Waals surface area (Å²) >= 11 is 0. The van der Waals surface area contributed by atoms with Gasteiger partial charge < -0.3 is 5.11 Å². The van der Waals surface area contributed by atoms with Crippen LogP contribution in [0.25, 0.3) is 0 Å². The number of rotatable bonds is 3. The number of aryl methyl sites for hydroxylation is 1. The van der Waals surface area contributed by atoms with Gasteiger partial charge in [-0.3, -0.25) is 9.55 Å². The van der Waals surface area contributed by atoms with Gasteiger partial charge in [0.25, 0.3) is 0 Å². The normalized spacial score (nSPS) is 17.7. The van der Waals surface area contributed by atoms with E-state index in [1.807, 2.05) is 6.07 Å². The van der Waals surface area contributed by atoms with E-state index in [2.05, 4.69) is 10.1 Å². The number of carbonyl (C=O) groups is 1. The van der Waals surface area contributed by atoms with E-state index in [4.69, 9.17) is 0 Å². The van der Waals surface area contributed by atoms with Crippen molar-refractivity contribution in [1.29, 1.82) is 0 Å². The molecule has 0 bridgehead atoms. The summed E-state index contributed by atoms with van der Waals surface area (Å²) < 4.78 is 2.62. The van der Waals surface area contributed by atoms with Gasteiger partial charge in [0.2, 0.25) is 0 Å². The molecule has 0 saturated carbocycles. The molecule has 3 rings (SSSR count). The molecule has 0 saturated heterocycles. The van der Waals surface area contributed by atoms with Crippen molar-refractivity contribution in [3.63, 3.8) is 0 Å². The van der Waals surface area contributed by atoms with Crippen molar-refractivity contribution < 1.29 is 9.90 Å². The second-order valence-electron chi connectivity index (χ2n) is 4.83. The Bertz CT molecular complexity index is 689. The van der Waals surface area contributed by atoms with Gasteiger partial charge in [-0.05, 0) is 24.5 Å². The number of hydrogen-bond donors (Lipinski definition) is 1. The first-order valence-corrected chi connectivity index (χ1v) is 6.47. The standard InChI is InChI=1S/C13H14N4O3/c18-12(19)10-4-1-5-11-15-16(13(20)17(10)11)8-9-3-2-6-14-7-9/h2-3,6-7,10H,1,4-5,8H2,(H,18,19). The van der Waals surface area contributed by atoms with Crippen LogP contribution >= 0.6 is 0 Å². The van der Waals surface area contributed by atoms with Crippen molar-refractivity contribution in [2.75, 3.05) is 0 Å². The van der Waals surface area contributed by atoms with Gasteiger partial charge in [-0.2, -0.15) is 5.10 Å². The minimum atomic E-state index is -0.978. The first kappa shape index (κ1) is 12.6. The number of carboxylic acid groups (broad SMARTS) is 1. The third-order valence-corrected chi connectivity index (χ3v) is 3.47. The summed E-state index contributed by atoms with van der Waals surface area (Å²) in [6, 6.07) is 2.84. The van der Waals surface area contributed by atoms with Crippen LogP contribution < -0.4 is 5.69 Å². The Labute approximate surface area is 114 Å². The van der Waals surface area contributed by atoms with E-state index in [1.54, 1.807) is 18.5 Å². The zero-order valence-corrected chi connectivity index (χ0v) is 10.8. The topological polar surface area (TPSA) is 90.0 Å². The molecule has 0 spiro atoms. The van der Waals surface area contributed by atoms with Gasteiger partial charge >= 0.3 is 11.7 Å². The molecule has 1 atom stereocenters. The molecule has 2 aromatic rings. The highest BCUT2D eigenvalue weighted by Gasteiger charge is 2.30. The second kappa shape index (κ2) is 4.92. The molecular formula is C13H14N4O3. The smallest absolute Gasteiger partial charge is 0.347 e. The SMILES string of the molecule is O=C(O)C1CCCc2nn(Cc3cccnc3)c(=O)n21. The van der Waals surface area contributed by atoms with Crippen LogP contribution in [0.4, 0.5) is 0 Å². The largest absolute Gasteiger partial charge is 0.480 e. The molecule has 2 aromatic heterocycles. The third-order valence-electron chi connectivity index (χ3n) is 3.47. The molecule has 7 heteroatoms. The van der Waals surface area contributed by atoms with E-state index in [9.17, 15) is 14.7 Å². The lowest BCUT2D eigenvalue weighted by atomic mass is 10.1. The predicted molar refractivity (Wildman–Crippen MR) is 69.4 cm³/mol. The zero-order valence-electron chi connectivity index (χ0n) is 10.8. The van der Waals surface area contributed by atoms with Crippen LogP contribution in [-0.2, 0) is 17.8 Å². The quantitative estimate of drug-likeness (QED) is 0.877. The molecule has 1 unspecified atom stereocenters. The maximum absolute atomic E-state index is 12.3. The van der Waals surface area contributed by atoms with Crippen LogP contribution in [0.5, 0.6) is 0 Å². The van der Waals surface area contributed by atoms with Gasteiger partial charge in [0, 0.05) is 18.8 Å². The molecule has 0 aromatic carbocycles. The average Bonchev–Trinajstić information content (AvgIpc) is 2.77. The molecule has 0 radical (unpaired) electrons. The van der Waals surface area contributed by atoms with Crippen molar-refractivity contribution in [2.24, 2.45) is 0 Å². The number of carboxylic acids is 1. The molecular weight excluding hydrogens is 260 g/mol. The number of nitrogens with zero attached hydrogens (tertiary/aromatic N) is 4. The summed E-state index contributed by atoms with van der Waals surface area (Å²) in [4.78, 5) is 27.5. The van der Waals surface area contributed by atoms with Gasteiger partial charge in [0.05, 0.1) is 6.54 Å². The maximum Gasteiger partial charge on any atom is 0.347 e. The molecule has 104 valence electrons. The Balaban J connectivity index is 1.99. The predicted octanol–water partition coefficient (Wildman–Crippen LogP) is 0.450. The third kappa shape index (κ3) is 2.11. The van der Waals surface area contributed by atoms with Crippen LogP contribution in [0.1, 0.15) is 30.3 Å². The van der Waals surface area contributed by atoms with Crippen LogP contribution in [0.3, 0.4) is 0 Å². The van der Waals surface area contributed by atoms with E-state index in [1.165, 1.54) is 9.25 Å². The summed E-state index contributed by atoms with van der Waals surface area (Å²) in [6.45, 7) is 0.305. The number of hydrogen-bond acceptors (Lipinski definition) is 4. The van der Waals surface area contributed by atoms with Crippen LogP contribution in [0.2, 0.25) is 0 Å². The molecule has 1 aliphatic rings. The van der Waals surface area contributed by atoms with Crippen LogP contribution in [0, 0.1) is 0 Å². The minimum absolute atomic E-state index is 0.305. The van der Waals surface area contributed by atoms with E-state index >= 15 is 0 Å². The number of aromatic nitrogens is 4. The van der Waals surface area contributed by atoms with Crippen molar-refractivity contribution in [2.45, 2.75) is 31.8 Å². The Hall–Kier alpha value is -2.44. The fourth-order valence-electron chi connectivity index (χ4n) is 2.53. The Morgan fingerprint density at radius 2 is 2.35 bits per heavy atom. The van der Waals surface area contributed by atoms with Crippen LogP contribution in [0.15, 0.2) is 29.3 Å². The van der Waals surface area contributed by atoms with Crippen molar-refractivity contribution in [3.8, 4) is 0 Å². The number of aliphatic carboxylic acids is 1.